The van der Waals surface area contributed by atoms with Crippen LogP contribution in [0, 0.1) is 5.92 Å². The largest absolute Gasteiger partial charge is 0.497 e. The minimum absolute atomic E-state index is 0.0428. The van der Waals surface area contributed by atoms with Crippen molar-refractivity contribution in [3.05, 3.63) is 112 Å². The fourth-order valence-corrected chi connectivity index (χ4v) is 5.73. The highest BCUT2D eigenvalue weighted by Gasteiger charge is 2.44. The molecule has 1 saturated carbocycles. The monoisotopic (exact) mass is 578 g/mol. The number of hydrogen-bond acceptors (Lipinski definition) is 8. The second-order valence-electron chi connectivity index (χ2n) is 10.4. The SMILES string of the molecule is COc1ccc(/C=C2\CCC[C@@H]3C2=NN(C(=O)COC(=O)c2coc4ccccc4c2=O)[C@@H]3c2ccc(OC)cc2)cc1. The molecule has 4 aromatic rings. The molecule has 1 amide bonds. The van der Waals surface area contributed by atoms with Crippen molar-refractivity contribution in [1.82, 2.24) is 5.01 Å². The fraction of sp³-hybridized carbons (Fsp3) is 0.235. The van der Waals surface area contributed by atoms with Gasteiger partial charge in [-0.05, 0) is 78.4 Å². The number of fused-ring (bicyclic) bond motifs is 2. The van der Waals surface area contributed by atoms with Crippen LogP contribution in [0.1, 0.15) is 46.8 Å². The number of hydrazone groups is 1. The number of methoxy groups -OCH3 is 2. The maximum atomic E-state index is 13.6. The smallest absolute Gasteiger partial charge is 0.345 e. The van der Waals surface area contributed by atoms with E-state index in [0.29, 0.717) is 11.3 Å². The first-order valence-corrected chi connectivity index (χ1v) is 14.0. The third kappa shape index (κ3) is 5.53. The van der Waals surface area contributed by atoms with E-state index in [2.05, 4.69) is 6.08 Å². The summed E-state index contributed by atoms with van der Waals surface area (Å²) in [6.07, 6.45) is 5.77. The van der Waals surface area contributed by atoms with Gasteiger partial charge in [0.25, 0.3) is 5.91 Å². The molecule has 1 aliphatic heterocycles. The van der Waals surface area contributed by atoms with Gasteiger partial charge in [-0.2, -0.15) is 5.10 Å². The van der Waals surface area contributed by atoms with E-state index in [4.69, 9.17) is 23.7 Å². The fourth-order valence-electron chi connectivity index (χ4n) is 5.73. The van der Waals surface area contributed by atoms with Crippen LogP contribution < -0.4 is 14.9 Å². The van der Waals surface area contributed by atoms with Gasteiger partial charge in [-0.3, -0.25) is 9.59 Å². The number of rotatable bonds is 7. The van der Waals surface area contributed by atoms with E-state index in [9.17, 15) is 14.4 Å². The van der Waals surface area contributed by atoms with E-state index >= 15 is 0 Å². The number of allylic oxidation sites excluding steroid dienone is 1. The average molecular weight is 579 g/mol. The van der Waals surface area contributed by atoms with Gasteiger partial charge in [0, 0.05) is 5.92 Å². The number of benzene rings is 3. The van der Waals surface area contributed by atoms with Crippen LogP contribution in [0.25, 0.3) is 17.0 Å². The molecule has 1 aromatic heterocycles. The lowest BCUT2D eigenvalue weighted by Crippen LogP contribution is -2.34. The number of hydrogen-bond donors (Lipinski definition) is 0. The van der Waals surface area contributed by atoms with Crippen molar-refractivity contribution in [3.63, 3.8) is 0 Å². The Morgan fingerprint density at radius 2 is 1.67 bits per heavy atom. The van der Waals surface area contributed by atoms with Crippen LogP contribution in [0.15, 0.2) is 98.9 Å². The number of carbonyl (C=O) groups excluding carboxylic acids is 2. The van der Waals surface area contributed by atoms with E-state index in [0.717, 1.165) is 53.7 Å². The average Bonchev–Trinajstić information content (AvgIpc) is 3.45. The quantitative estimate of drug-likeness (QED) is 0.256. The van der Waals surface area contributed by atoms with Crippen LogP contribution in [-0.4, -0.2) is 43.4 Å². The maximum Gasteiger partial charge on any atom is 0.345 e. The number of para-hydroxylation sites is 1. The van der Waals surface area contributed by atoms with Crippen molar-refractivity contribution >= 4 is 34.6 Å². The van der Waals surface area contributed by atoms with Gasteiger partial charge in [-0.1, -0.05) is 36.4 Å². The molecule has 0 N–H and O–H groups in total. The molecule has 2 aliphatic rings. The summed E-state index contributed by atoms with van der Waals surface area (Å²) in [6.45, 7) is -0.585. The molecule has 0 radical (unpaired) electrons. The Balaban J connectivity index is 1.28. The van der Waals surface area contributed by atoms with Gasteiger partial charge in [-0.25, -0.2) is 9.80 Å². The Morgan fingerprint density at radius 3 is 2.40 bits per heavy atom. The van der Waals surface area contributed by atoms with Gasteiger partial charge in [0.2, 0.25) is 5.43 Å². The van der Waals surface area contributed by atoms with E-state index < -0.39 is 30.0 Å². The lowest BCUT2D eigenvalue weighted by atomic mass is 9.77. The van der Waals surface area contributed by atoms with Crippen molar-refractivity contribution < 1.29 is 28.2 Å². The predicted octanol–water partition coefficient (Wildman–Crippen LogP) is 5.79. The zero-order chi connectivity index (χ0) is 29.9. The first kappa shape index (κ1) is 28.0. The summed E-state index contributed by atoms with van der Waals surface area (Å²) >= 11 is 0. The molecule has 9 nitrogen and oxygen atoms in total. The summed E-state index contributed by atoms with van der Waals surface area (Å²) in [5, 5.41) is 6.52. The minimum atomic E-state index is -0.932. The van der Waals surface area contributed by atoms with Crippen LogP contribution in [0.3, 0.4) is 0 Å². The van der Waals surface area contributed by atoms with Crippen LogP contribution in [0.2, 0.25) is 0 Å². The Morgan fingerprint density at radius 1 is 0.977 bits per heavy atom. The summed E-state index contributed by atoms with van der Waals surface area (Å²) in [5.41, 5.74) is 3.37. The van der Waals surface area contributed by atoms with Crippen molar-refractivity contribution in [2.24, 2.45) is 11.0 Å². The molecule has 1 aliphatic carbocycles. The summed E-state index contributed by atoms with van der Waals surface area (Å²) in [5.74, 6) is 0.00366. The molecule has 0 spiro atoms. The van der Waals surface area contributed by atoms with Crippen molar-refractivity contribution in [2.45, 2.75) is 25.3 Å². The number of amides is 1. The molecule has 2 atom stereocenters. The highest BCUT2D eigenvalue weighted by atomic mass is 16.5. The van der Waals surface area contributed by atoms with Crippen molar-refractivity contribution in [1.29, 1.82) is 0 Å². The molecule has 218 valence electrons. The molecule has 0 saturated heterocycles. The zero-order valence-electron chi connectivity index (χ0n) is 23.8. The standard InChI is InChI=1S/C34H30N2O7/c1-40-24-14-10-21(11-15-24)18-23-6-5-8-27-31(23)35-36(32(27)22-12-16-25(41-2)17-13-22)30(37)20-43-34(39)28-19-42-29-9-4-3-7-26(29)33(28)38/h3-4,7,9-19,27,32H,5-6,8,20H2,1-2H3/b23-18+/t27-,32-/m1/s1. The Kier molecular flexibility index (Phi) is 7.79. The van der Waals surface area contributed by atoms with E-state index in [1.807, 2.05) is 48.5 Å². The summed E-state index contributed by atoms with van der Waals surface area (Å²) in [6, 6.07) is 21.6. The third-order valence-electron chi connectivity index (χ3n) is 7.90. The Hall–Kier alpha value is -5.18. The van der Waals surface area contributed by atoms with Gasteiger partial charge in [0.05, 0.1) is 31.4 Å². The number of nitrogens with zero attached hydrogens (tertiary/aromatic N) is 2. The summed E-state index contributed by atoms with van der Waals surface area (Å²) in [7, 11) is 3.23. The Labute approximate surface area is 248 Å². The first-order valence-electron chi connectivity index (χ1n) is 14.0. The second-order valence-corrected chi connectivity index (χ2v) is 10.4. The van der Waals surface area contributed by atoms with Gasteiger partial charge >= 0.3 is 5.97 Å². The van der Waals surface area contributed by atoms with Gasteiger partial charge < -0.3 is 18.6 Å². The number of ether oxygens (including phenoxy) is 3. The topological polar surface area (TPSA) is 108 Å². The van der Waals surface area contributed by atoms with Crippen LogP contribution in [-0.2, 0) is 9.53 Å². The highest BCUT2D eigenvalue weighted by molar-refractivity contribution is 6.08. The van der Waals surface area contributed by atoms with Gasteiger partial charge in [0.1, 0.15) is 28.9 Å². The summed E-state index contributed by atoms with van der Waals surface area (Å²) in [4.78, 5) is 39.4. The predicted molar refractivity (Wildman–Crippen MR) is 161 cm³/mol. The van der Waals surface area contributed by atoms with E-state index in [1.165, 1.54) is 5.01 Å². The molecule has 1 fully saturated rings. The molecule has 0 unspecified atom stereocenters. The molecule has 2 heterocycles. The van der Waals surface area contributed by atoms with Crippen LogP contribution >= 0.6 is 0 Å². The first-order chi connectivity index (χ1) is 21.0. The summed E-state index contributed by atoms with van der Waals surface area (Å²) < 4.78 is 21.4. The van der Waals surface area contributed by atoms with E-state index in [-0.39, 0.29) is 16.9 Å². The number of carbonyl (C=O) groups is 2. The third-order valence-corrected chi connectivity index (χ3v) is 7.90. The molecule has 43 heavy (non-hydrogen) atoms. The zero-order valence-corrected chi connectivity index (χ0v) is 23.8. The lowest BCUT2D eigenvalue weighted by molar-refractivity contribution is -0.137. The highest BCUT2D eigenvalue weighted by Crippen LogP contribution is 2.44. The minimum Gasteiger partial charge on any atom is -0.497 e. The number of esters is 1. The molecule has 9 heteroatoms. The maximum absolute atomic E-state index is 13.6. The molecular weight excluding hydrogens is 548 g/mol. The Bertz CT molecular complexity index is 1790. The van der Waals surface area contributed by atoms with Gasteiger partial charge in [0.15, 0.2) is 6.61 Å². The lowest BCUT2D eigenvalue weighted by Gasteiger charge is -2.29. The van der Waals surface area contributed by atoms with E-state index in [1.54, 1.807) is 38.5 Å². The molecule has 0 bridgehead atoms. The molecule has 6 rings (SSSR count). The van der Waals surface area contributed by atoms with Crippen LogP contribution in [0.4, 0.5) is 0 Å². The van der Waals surface area contributed by atoms with Gasteiger partial charge in [-0.15, -0.1) is 0 Å². The van der Waals surface area contributed by atoms with Crippen molar-refractivity contribution in [2.75, 3.05) is 20.8 Å². The molecule has 3 aromatic carbocycles. The molecular formula is C34H30N2O7. The van der Waals surface area contributed by atoms with Crippen LogP contribution in [0.5, 0.6) is 11.5 Å². The second kappa shape index (κ2) is 12.0. The van der Waals surface area contributed by atoms with Crippen molar-refractivity contribution in [3.8, 4) is 11.5 Å². The normalized spacial score (nSPS) is 18.7.